The van der Waals surface area contributed by atoms with Gasteiger partial charge in [0.2, 0.25) is 0 Å². The SMILES string of the molecule is CCC1CC[C@H](CC)P1c1ccccc1P1C(CC)CC[C@@H]1CC. The topological polar surface area (TPSA) is 0 Å². The number of hydrogen-bond donors (Lipinski definition) is 0. The largest absolute Gasteiger partial charge is 0.0683 e. The molecule has 0 spiro atoms. The third kappa shape index (κ3) is 3.48. The molecule has 0 N–H and O–H groups in total. The Bertz CT molecular complexity index is 455. The van der Waals surface area contributed by atoms with Gasteiger partial charge in [-0.15, -0.1) is 0 Å². The zero-order chi connectivity index (χ0) is 17.1. The van der Waals surface area contributed by atoms with Crippen LogP contribution in [-0.4, -0.2) is 22.6 Å². The van der Waals surface area contributed by atoms with Crippen molar-refractivity contribution in [2.75, 3.05) is 0 Å². The summed E-state index contributed by atoms with van der Waals surface area (Å²) in [6, 6.07) is 9.79. The predicted octanol–water partition coefficient (Wildman–Crippen LogP) is 6.60. The molecule has 24 heavy (non-hydrogen) atoms. The lowest BCUT2D eigenvalue weighted by Crippen LogP contribution is -2.30. The Morgan fingerprint density at radius 2 is 0.917 bits per heavy atom. The van der Waals surface area contributed by atoms with Crippen LogP contribution in [0.15, 0.2) is 24.3 Å². The zero-order valence-electron chi connectivity index (χ0n) is 16.2. The van der Waals surface area contributed by atoms with Gasteiger partial charge in [-0.1, -0.05) is 67.8 Å². The molecule has 1 aromatic carbocycles. The fourth-order valence-electron chi connectivity index (χ4n) is 5.21. The molecule has 6 atom stereocenters. The van der Waals surface area contributed by atoms with Gasteiger partial charge >= 0.3 is 0 Å². The molecular weight excluding hydrogens is 326 g/mol. The van der Waals surface area contributed by atoms with E-state index in [1.165, 1.54) is 51.4 Å². The van der Waals surface area contributed by atoms with E-state index in [0.29, 0.717) is 0 Å². The summed E-state index contributed by atoms with van der Waals surface area (Å²) in [5.74, 6) is 0. The molecule has 2 aliphatic rings. The van der Waals surface area contributed by atoms with Crippen LogP contribution in [0.2, 0.25) is 0 Å². The van der Waals surface area contributed by atoms with Crippen molar-refractivity contribution in [3.63, 3.8) is 0 Å². The molecule has 0 aliphatic carbocycles. The zero-order valence-corrected chi connectivity index (χ0v) is 18.0. The monoisotopic (exact) mass is 362 g/mol. The second-order valence-electron chi connectivity index (χ2n) is 7.71. The summed E-state index contributed by atoms with van der Waals surface area (Å²) < 4.78 is 0. The van der Waals surface area contributed by atoms with E-state index in [1.54, 1.807) is 0 Å². The van der Waals surface area contributed by atoms with Crippen LogP contribution in [-0.2, 0) is 0 Å². The summed E-state index contributed by atoms with van der Waals surface area (Å²) in [6.07, 6.45) is 11.5. The first kappa shape index (κ1) is 18.9. The fraction of sp³-hybridized carbons (Fsp3) is 0.727. The van der Waals surface area contributed by atoms with Gasteiger partial charge in [0.15, 0.2) is 0 Å². The Hall–Kier alpha value is 0.0800. The van der Waals surface area contributed by atoms with Crippen molar-refractivity contribution < 1.29 is 0 Å². The van der Waals surface area contributed by atoms with Gasteiger partial charge in [-0.05, 0) is 84.6 Å². The van der Waals surface area contributed by atoms with E-state index in [4.69, 9.17) is 0 Å². The average Bonchev–Trinajstić information content (AvgIpc) is 3.24. The third-order valence-corrected chi connectivity index (χ3v) is 14.3. The maximum atomic E-state index is 2.55. The smallest absolute Gasteiger partial charge is 0.0158 e. The Labute approximate surface area is 152 Å². The van der Waals surface area contributed by atoms with Gasteiger partial charge in [-0.3, -0.25) is 0 Å². The highest BCUT2D eigenvalue weighted by atomic mass is 31.1. The van der Waals surface area contributed by atoms with Crippen molar-refractivity contribution in [1.82, 2.24) is 0 Å². The normalized spacial score (nSPS) is 36.3. The molecule has 2 heterocycles. The summed E-state index contributed by atoms with van der Waals surface area (Å²) in [5.41, 5.74) is 3.96. The summed E-state index contributed by atoms with van der Waals surface area (Å²) in [5, 5.41) is 3.68. The Balaban J connectivity index is 2.01. The quantitative estimate of drug-likeness (QED) is 0.500. The van der Waals surface area contributed by atoms with Crippen LogP contribution < -0.4 is 10.6 Å². The molecule has 3 rings (SSSR count). The van der Waals surface area contributed by atoms with Crippen LogP contribution in [0.3, 0.4) is 0 Å². The van der Waals surface area contributed by atoms with Gasteiger partial charge in [0.1, 0.15) is 0 Å². The van der Waals surface area contributed by atoms with Crippen molar-refractivity contribution >= 4 is 26.5 Å². The van der Waals surface area contributed by atoms with E-state index in [0.717, 1.165) is 22.6 Å². The molecule has 0 saturated carbocycles. The van der Waals surface area contributed by atoms with Crippen LogP contribution in [0.4, 0.5) is 0 Å². The van der Waals surface area contributed by atoms with Gasteiger partial charge in [0.05, 0.1) is 0 Å². The summed E-state index contributed by atoms with van der Waals surface area (Å²) in [6.45, 7) is 9.74. The highest BCUT2D eigenvalue weighted by molar-refractivity contribution is 7.73. The lowest BCUT2D eigenvalue weighted by Gasteiger charge is -2.32. The molecule has 2 aliphatic heterocycles. The van der Waals surface area contributed by atoms with E-state index in [9.17, 15) is 0 Å². The van der Waals surface area contributed by atoms with E-state index in [-0.39, 0.29) is 15.8 Å². The lowest BCUT2D eigenvalue weighted by atomic mass is 10.1. The summed E-state index contributed by atoms with van der Waals surface area (Å²) in [7, 11) is 0.128. The van der Waals surface area contributed by atoms with Crippen LogP contribution in [0.5, 0.6) is 0 Å². The molecule has 4 unspecified atom stereocenters. The van der Waals surface area contributed by atoms with Crippen LogP contribution in [0.25, 0.3) is 0 Å². The minimum absolute atomic E-state index is 0.0639. The van der Waals surface area contributed by atoms with Gasteiger partial charge in [0, 0.05) is 0 Å². The van der Waals surface area contributed by atoms with Crippen molar-refractivity contribution in [2.24, 2.45) is 0 Å². The van der Waals surface area contributed by atoms with E-state index in [2.05, 4.69) is 52.0 Å². The molecule has 134 valence electrons. The Kier molecular flexibility index (Phi) is 6.79. The van der Waals surface area contributed by atoms with E-state index in [1.807, 2.05) is 10.6 Å². The number of rotatable bonds is 6. The molecule has 0 amide bonds. The molecule has 0 radical (unpaired) electrons. The average molecular weight is 362 g/mol. The summed E-state index contributed by atoms with van der Waals surface area (Å²) >= 11 is 0. The van der Waals surface area contributed by atoms with Crippen molar-refractivity contribution in [1.29, 1.82) is 0 Å². The Morgan fingerprint density at radius 1 is 0.625 bits per heavy atom. The summed E-state index contributed by atoms with van der Waals surface area (Å²) in [4.78, 5) is 0. The lowest BCUT2D eigenvalue weighted by molar-refractivity contribution is 0.696. The van der Waals surface area contributed by atoms with Gasteiger partial charge in [-0.2, -0.15) is 0 Å². The standard InChI is InChI=1S/C22H36P2/c1-5-17-13-14-18(6-2)23(17)21-11-9-10-12-22(21)24-19(7-3)15-16-20(24)8-4/h9-12,17-20H,5-8,13-16H2,1-4H3/t17-,18?,19-,20?,23?,24?/m0/s1. The maximum Gasteiger partial charge on any atom is -0.0158 e. The second-order valence-corrected chi connectivity index (χ2v) is 13.2. The van der Waals surface area contributed by atoms with Crippen molar-refractivity contribution in [3.8, 4) is 0 Å². The van der Waals surface area contributed by atoms with Crippen LogP contribution in [0.1, 0.15) is 79.1 Å². The maximum absolute atomic E-state index is 2.55. The minimum atomic E-state index is 0.0639. The minimum Gasteiger partial charge on any atom is -0.0683 e. The van der Waals surface area contributed by atoms with Crippen molar-refractivity contribution in [2.45, 2.75) is 102 Å². The molecule has 2 heteroatoms. The molecule has 2 fully saturated rings. The van der Waals surface area contributed by atoms with Gasteiger partial charge in [-0.25, -0.2) is 0 Å². The number of hydrogen-bond acceptors (Lipinski definition) is 0. The first-order valence-corrected chi connectivity index (χ1v) is 13.4. The molecule has 1 aromatic rings. The van der Waals surface area contributed by atoms with Crippen molar-refractivity contribution in [3.05, 3.63) is 24.3 Å². The molecule has 0 aromatic heterocycles. The predicted molar refractivity (Wildman–Crippen MR) is 114 cm³/mol. The van der Waals surface area contributed by atoms with Crippen LogP contribution >= 0.6 is 15.8 Å². The fourth-order valence-corrected chi connectivity index (χ4v) is 13.1. The van der Waals surface area contributed by atoms with Gasteiger partial charge < -0.3 is 0 Å². The third-order valence-electron chi connectivity index (χ3n) is 6.56. The highest BCUT2D eigenvalue weighted by Gasteiger charge is 2.40. The first-order chi connectivity index (χ1) is 11.7. The molecule has 0 nitrogen and oxygen atoms in total. The molecular formula is C22H36P2. The highest BCUT2D eigenvalue weighted by Crippen LogP contribution is 2.61. The van der Waals surface area contributed by atoms with E-state index >= 15 is 0 Å². The number of benzene rings is 1. The molecule has 0 bridgehead atoms. The second kappa shape index (κ2) is 8.64. The molecule has 2 saturated heterocycles. The first-order valence-electron chi connectivity index (χ1n) is 10.4. The van der Waals surface area contributed by atoms with Gasteiger partial charge in [0.25, 0.3) is 0 Å². The van der Waals surface area contributed by atoms with E-state index < -0.39 is 0 Å². The van der Waals surface area contributed by atoms with Crippen LogP contribution in [0, 0.1) is 0 Å². The Morgan fingerprint density at radius 3 is 1.17 bits per heavy atom.